The lowest BCUT2D eigenvalue weighted by Gasteiger charge is -2.16. The van der Waals surface area contributed by atoms with E-state index in [9.17, 15) is 0 Å². The molecule has 0 radical (unpaired) electrons. The molecule has 0 aromatic carbocycles. The van der Waals surface area contributed by atoms with E-state index in [2.05, 4.69) is 36.7 Å². The molecule has 2 aliphatic carbocycles. The highest BCUT2D eigenvalue weighted by atomic mass is 15.1. The lowest BCUT2D eigenvalue weighted by atomic mass is 9.96. The molecule has 1 N–H and O–H groups in total. The Morgan fingerprint density at radius 3 is 3.45 bits per heavy atom. The van der Waals surface area contributed by atoms with Gasteiger partial charge < -0.3 is 5.32 Å². The van der Waals surface area contributed by atoms with Crippen molar-refractivity contribution in [3.63, 3.8) is 0 Å². The number of rotatable bonds is 0. The van der Waals surface area contributed by atoms with Gasteiger partial charge in [0.25, 0.3) is 0 Å². The zero-order chi connectivity index (χ0) is 7.47. The van der Waals surface area contributed by atoms with E-state index in [0.717, 1.165) is 5.92 Å². The van der Waals surface area contributed by atoms with Crippen LogP contribution in [-0.2, 0) is 0 Å². The second-order valence-corrected chi connectivity index (χ2v) is 3.74. The zero-order valence-electron chi connectivity index (χ0n) is 6.59. The van der Waals surface area contributed by atoms with E-state index in [1.54, 1.807) is 0 Å². The Bertz CT molecular complexity index is 314. The van der Waals surface area contributed by atoms with Crippen LogP contribution in [0.1, 0.15) is 14.8 Å². The van der Waals surface area contributed by atoms with Gasteiger partial charge in [0.05, 0.1) is 5.54 Å². The molecule has 0 aromatic heterocycles. The summed E-state index contributed by atoms with van der Waals surface area (Å²) in [6.45, 7) is 2.23. The lowest BCUT2D eigenvalue weighted by molar-refractivity contribution is 0.656. The number of nitrogens with one attached hydrogen (secondary N) is 1. The minimum absolute atomic E-state index is 0. The molecular formula is C10H13N. The average molecular weight is 147 g/mol. The first-order valence-corrected chi connectivity index (χ1v) is 4.16. The fourth-order valence-electron chi connectivity index (χ4n) is 2.35. The first-order valence-electron chi connectivity index (χ1n) is 4.16. The summed E-state index contributed by atoms with van der Waals surface area (Å²) in [5.74, 6) is 0.789. The van der Waals surface area contributed by atoms with E-state index in [1.807, 2.05) is 0 Å². The predicted molar refractivity (Wildman–Crippen MR) is 47.1 cm³/mol. The van der Waals surface area contributed by atoms with Crippen LogP contribution in [0.5, 0.6) is 0 Å². The highest BCUT2D eigenvalue weighted by molar-refractivity contribution is 5.53. The first-order chi connectivity index (χ1) is 5.33. The van der Waals surface area contributed by atoms with Crippen LogP contribution in [0.3, 0.4) is 0 Å². The van der Waals surface area contributed by atoms with Gasteiger partial charge in [-0.2, -0.15) is 0 Å². The van der Waals surface area contributed by atoms with E-state index < -0.39 is 0 Å². The van der Waals surface area contributed by atoms with Crippen LogP contribution >= 0.6 is 0 Å². The molecule has 1 aliphatic heterocycles. The maximum atomic E-state index is 3.45. The van der Waals surface area contributed by atoms with Gasteiger partial charge in [-0.25, -0.2) is 0 Å². The summed E-state index contributed by atoms with van der Waals surface area (Å²) in [7, 11) is 0. The summed E-state index contributed by atoms with van der Waals surface area (Å²) in [6, 6.07) is 0. The topological polar surface area (TPSA) is 12.0 Å². The van der Waals surface area contributed by atoms with Gasteiger partial charge in [0.15, 0.2) is 0 Å². The number of hydrogen-bond donors (Lipinski definition) is 1. The molecule has 1 spiro atoms. The van der Waals surface area contributed by atoms with E-state index in [0.29, 0.717) is 5.54 Å². The van der Waals surface area contributed by atoms with Gasteiger partial charge in [-0.05, 0) is 31.2 Å². The molecule has 1 fully saturated rings. The smallest absolute Gasteiger partial charge is 0.0693 e. The van der Waals surface area contributed by atoms with Gasteiger partial charge >= 0.3 is 0 Å². The fraction of sp³-hybridized carbons (Fsp3) is 0.400. The van der Waals surface area contributed by atoms with Crippen molar-refractivity contribution in [2.45, 2.75) is 18.9 Å². The second kappa shape index (κ2) is 1.45. The van der Waals surface area contributed by atoms with Crippen molar-refractivity contribution in [1.82, 2.24) is 5.32 Å². The molecule has 1 nitrogen and oxygen atoms in total. The normalized spacial score (nSPS) is 43.5. The first kappa shape index (κ1) is 5.64. The molecule has 0 aromatic rings. The molecule has 1 heteroatoms. The lowest BCUT2D eigenvalue weighted by Crippen LogP contribution is -2.27. The summed E-state index contributed by atoms with van der Waals surface area (Å²) >= 11 is 0. The van der Waals surface area contributed by atoms with E-state index >= 15 is 0 Å². The number of hydrogen-bond acceptors (Lipinski definition) is 1. The molecule has 11 heavy (non-hydrogen) atoms. The van der Waals surface area contributed by atoms with Gasteiger partial charge in [-0.3, -0.25) is 0 Å². The molecule has 0 saturated heterocycles. The Morgan fingerprint density at radius 1 is 1.64 bits per heavy atom. The molecule has 58 valence electrons. The van der Waals surface area contributed by atoms with E-state index in [4.69, 9.17) is 0 Å². The fourth-order valence-corrected chi connectivity index (χ4v) is 2.35. The minimum Gasteiger partial charge on any atom is -0.381 e. The highest BCUT2D eigenvalue weighted by Crippen LogP contribution is 2.56. The Morgan fingerprint density at radius 2 is 2.55 bits per heavy atom. The molecule has 2 atom stereocenters. The average Bonchev–Trinajstić information content (AvgIpc) is 2.57. The third kappa shape index (κ3) is 0.493. The van der Waals surface area contributed by atoms with Crippen molar-refractivity contribution >= 4 is 0 Å². The van der Waals surface area contributed by atoms with Crippen LogP contribution in [0.15, 0.2) is 35.6 Å². The second-order valence-electron chi connectivity index (χ2n) is 3.74. The Kier molecular flexibility index (Phi) is 0.743. The van der Waals surface area contributed by atoms with Crippen molar-refractivity contribution in [2.75, 3.05) is 0 Å². The van der Waals surface area contributed by atoms with Crippen molar-refractivity contribution in [1.29, 1.82) is 0 Å². The van der Waals surface area contributed by atoms with Gasteiger partial charge in [0, 0.05) is 7.34 Å². The molecule has 3 rings (SSSR count). The molecule has 1 saturated carbocycles. The third-order valence-electron chi connectivity index (χ3n) is 3.16. The molecule has 0 bridgehead atoms. The van der Waals surface area contributed by atoms with Gasteiger partial charge in [-0.15, -0.1) is 0 Å². The molecule has 0 amide bonds. The quantitative estimate of drug-likeness (QED) is 0.552. The van der Waals surface area contributed by atoms with Gasteiger partial charge in [-0.1, -0.05) is 17.7 Å². The maximum absolute atomic E-state index is 3.45. The van der Waals surface area contributed by atoms with E-state index in [-0.39, 0.29) is 1.43 Å². The number of allylic oxidation sites excluding steroid dienone is 2. The van der Waals surface area contributed by atoms with Crippen LogP contribution in [-0.4, -0.2) is 5.54 Å². The SMILES string of the molecule is CC1=CC=C2C=CNC23CC13.[HH]. The van der Waals surface area contributed by atoms with Crippen molar-refractivity contribution < 1.29 is 1.43 Å². The van der Waals surface area contributed by atoms with Crippen molar-refractivity contribution in [3.8, 4) is 0 Å². The van der Waals surface area contributed by atoms with E-state index in [1.165, 1.54) is 17.6 Å². The summed E-state index contributed by atoms with van der Waals surface area (Å²) < 4.78 is 0. The molecular weight excluding hydrogens is 134 g/mol. The van der Waals surface area contributed by atoms with Crippen LogP contribution in [0.25, 0.3) is 0 Å². The Hall–Kier alpha value is -0.980. The Balaban J connectivity index is 0.000000563. The van der Waals surface area contributed by atoms with Crippen LogP contribution in [0.2, 0.25) is 0 Å². The van der Waals surface area contributed by atoms with Gasteiger partial charge in [0.1, 0.15) is 0 Å². The van der Waals surface area contributed by atoms with Crippen LogP contribution < -0.4 is 5.32 Å². The maximum Gasteiger partial charge on any atom is 0.0693 e. The van der Waals surface area contributed by atoms with Gasteiger partial charge in [0.2, 0.25) is 0 Å². The third-order valence-corrected chi connectivity index (χ3v) is 3.16. The summed E-state index contributed by atoms with van der Waals surface area (Å²) in [4.78, 5) is 0. The molecule has 1 heterocycles. The standard InChI is InChI=1S/C10H11N.H2/c1-7-2-3-8-4-5-11-10(8)6-9(7)10;/h2-5,9,11H,6H2,1H3;1H. The minimum atomic E-state index is 0. The molecule has 2 unspecified atom stereocenters. The van der Waals surface area contributed by atoms with Crippen LogP contribution in [0, 0.1) is 5.92 Å². The zero-order valence-corrected chi connectivity index (χ0v) is 6.59. The van der Waals surface area contributed by atoms with Crippen molar-refractivity contribution in [3.05, 3.63) is 35.6 Å². The monoisotopic (exact) mass is 147 g/mol. The highest BCUT2D eigenvalue weighted by Gasteiger charge is 2.58. The largest absolute Gasteiger partial charge is 0.381 e. The molecule has 3 aliphatic rings. The van der Waals surface area contributed by atoms with Crippen molar-refractivity contribution in [2.24, 2.45) is 5.92 Å². The summed E-state index contributed by atoms with van der Waals surface area (Å²) in [6.07, 6.45) is 10.1. The van der Waals surface area contributed by atoms with Crippen LogP contribution in [0.4, 0.5) is 0 Å². The Labute approximate surface area is 68.0 Å². The summed E-state index contributed by atoms with van der Waals surface area (Å²) in [5.41, 5.74) is 3.37. The predicted octanol–water partition coefficient (Wildman–Crippen LogP) is 1.99. The summed E-state index contributed by atoms with van der Waals surface area (Å²) in [5, 5.41) is 3.45.